The fourth-order valence-electron chi connectivity index (χ4n) is 2.25. The number of imide groups is 1. The van der Waals surface area contributed by atoms with E-state index in [0.717, 1.165) is 11.0 Å². The number of alkyl carbamates (subject to hydrolysis) is 1. The van der Waals surface area contributed by atoms with E-state index >= 15 is 0 Å². The number of nitrogens with zero attached hydrogens (tertiary/aromatic N) is 2. The minimum absolute atomic E-state index is 0.109. The van der Waals surface area contributed by atoms with Crippen LogP contribution in [0, 0.1) is 0 Å². The van der Waals surface area contributed by atoms with Gasteiger partial charge in [0.05, 0.1) is 30.5 Å². The van der Waals surface area contributed by atoms with Gasteiger partial charge in [-0.2, -0.15) is 0 Å². The van der Waals surface area contributed by atoms with E-state index in [0.29, 0.717) is 17.5 Å². The minimum atomic E-state index is -0.821. The standard InChI is InChI=1S/C17H22N4O5S/c1-4-21(9-14(22)20-17(24)26-5-2)15(23)10-27-16-18-12-7-6-11(25-3)8-13(12)19-16/h6-8H,4-5,9-10H2,1-3H3,(H,18,19)(H,20,22,24). The normalized spacial score (nSPS) is 10.5. The molecular weight excluding hydrogens is 372 g/mol. The quantitative estimate of drug-likeness (QED) is 0.656. The van der Waals surface area contributed by atoms with E-state index in [1.165, 1.54) is 16.7 Å². The number of hydrogen-bond acceptors (Lipinski definition) is 7. The van der Waals surface area contributed by atoms with Crippen molar-refractivity contribution < 1.29 is 23.9 Å². The van der Waals surface area contributed by atoms with Crippen LogP contribution in [0.3, 0.4) is 0 Å². The molecule has 0 fully saturated rings. The van der Waals surface area contributed by atoms with Crippen LogP contribution in [0.15, 0.2) is 23.4 Å². The van der Waals surface area contributed by atoms with Gasteiger partial charge in [0, 0.05) is 12.6 Å². The Morgan fingerprint density at radius 1 is 1.30 bits per heavy atom. The molecule has 0 aliphatic heterocycles. The first-order valence-corrected chi connectivity index (χ1v) is 9.36. The van der Waals surface area contributed by atoms with Gasteiger partial charge in [-0.05, 0) is 26.0 Å². The summed E-state index contributed by atoms with van der Waals surface area (Å²) in [5, 5.41) is 2.67. The summed E-state index contributed by atoms with van der Waals surface area (Å²) in [5.74, 6) is -0.00937. The second-order valence-electron chi connectivity index (χ2n) is 5.39. The number of aromatic amines is 1. The molecule has 0 aliphatic rings. The molecule has 0 unspecified atom stereocenters. The molecule has 0 saturated carbocycles. The second-order valence-corrected chi connectivity index (χ2v) is 6.35. The molecule has 10 heteroatoms. The predicted octanol–water partition coefficient (Wildman–Crippen LogP) is 1.78. The van der Waals surface area contributed by atoms with E-state index in [-0.39, 0.29) is 24.8 Å². The molecule has 27 heavy (non-hydrogen) atoms. The number of H-pyrrole nitrogens is 1. The van der Waals surface area contributed by atoms with Crippen LogP contribution >= 0.6 is 11.8 Å². The average Bonchev–Trinajstić information content (AvgIpc) is 3.06. The van der Waals surface area contributed by atoms with Crippen molar-refractivity contribution in [3.8, 4) is 5.75 Å². The maximum Gasteiger partial charge on any atom is 0.413 e. The van der Waals surface area contributed by atoms with E-state index in [9.17, 15) is 14.4 Å². The number of ether oxygens (including phenoxy) is 2. The number of rotatable bonds is 8. The number of benzene rings is 1. The lowest BCUT2D eigenvalue weighted by molar-refractivity contribution is -0.133. The third-order valence-corrected chi connectivity index (χ3v) is 4.44. The van der Waals surface area contributed by atoms with Gasteiger partial charge in [-0.15, -0.1) is 0 Å². The van der Waals surface area contributed by atoms with Crippen molar-refractivity contribution in [3.63, 3.8) is 0 Å². The summed E-state index contributed by atoms with van der Waals surface area (Å²) in [6.45, 7) is 3.68. The summed E-state index contributed by atoms with van der Waals surface area (Å²) in [5.41, 5.74) is 1.58. The van der Waals surface area contributed by atoms with Gasteiger partial charge in [-0.25, -0.2) is 9.78 Å². The molecule has 3 amide bonds. The summed E-state index contributed by atoms with van der Waals surface area (Å²) in [6.07, 6.45) is -0.821. The first-order chi connectivity index (χ1) is 13.0. The molecule has 2 N–H and O–H groups in total. The Bertz CT molecular complexity index is 823. The van der Waals surface area contributed by atoms with E-state index in [2.05, 4.69) is 20.0 Å². The molecule has 2 rings (SSSR count). The Hall–Kier alpha value is -2.75. The third kappa shape index (κ3) is 5.88. The Morgan fingerprint density at radius 2 is 2.07 bits per heavy atom. The zero-order chi connectivity index (χ0) is 19.8. The first-order valence-electron chi connectivity index (χ1n) is 8.37. The van der Waals surface area contributed by atoms with Gasteiger partial charge in [0.2, 0.25) is 11.8 Å². The highest BCUT2D eigenvalue weighted by Gasteiger charge is 2.18. The number of aromatic nitrogens is 2. The molecule has 0 spiro atoms. The number of hydrogen-bond donors (Lipinski definition) is 2. The van der Waals surface area contributed by atoms with Crippen LogP contribution in [0.1, 0.15) is 13.8 Å². The largest absolute Gasteiger partial charge is 0.497 e. The van der Waals surface area contributed by atoms with Crippen molar-refractivity contribution in [2.75, 3.05) is 32.6 Å². The summed E-state index contributed by atoms with van der Waals surface area (Å²) in [4.78, 5) is 44.3. The highest BCUT2D eigenvalue weighted by molar-refractivity contribution is 7.99. The summed E-state index contributed by atoms with van der Waals surface area (Å²) in [6, 6.07) is 5.46. The van der Waals surface area contributed by atoms with Crippen LogP contribution in [-0.4, -0.2) is 65.3 Å². The van der Waals surface area contributed by atoms with E-state index < -0.39 is 12.0 Å². The zero-order valence-corrected chi connectivity index (χ0v) is 16.2. The van der Waals surface area contributed by atoms with Crippen molar-refractivity contribution in [3.05, 3.63) is 18.2 Å². The molecule has 0 radical (unpaired) electrons. The Morgan fingerprint density at radius 3 is 2.74 bits per heavy atom. The van der Waals surface area contributed by atoms with E-state index in [1.54, 1.807) is 21.0 Å². The average molecular weight is 394 g/mol. The highest BCUT2D eigenvalue weighted by atomic mass is 32.2. The number of carbonyl (C=O) groups is 3. The first kappa shape index (κ1) is 20.6. The number of amides is 3. The van der Waals surface area contributed by atoms with Crippen molar-refractivity contribution in [2.24, 2.45) is 0 Å². The smallest absolute Gasteiger partial charge is 0.413 e. The molecule has 1 aromatic heterocycles. The number of methoxy groups -OCH3 is 1. The lowest BCUT2D eigenvalue weighted by atomic mass is 10.3. The lowest BCUT2D eigenvalue weighted by Gasteiger charge is -2.19. The SMILES string of the molecule is CCOC(=O)NC(=O)CN(CC)C(=O)CSc1nc2ccc(OC)cc2[nH]1. The van der Waals surface area contributed by atoms with Crippen molar-refractivity contribution in [1.29, 1.82) is 0 Å². The van der Waals surface area contributed by atoms with Crippen LogP contribution in [0.25, 0.3) is 11.0 Å². The number of thioether (sulfide) groups is 1. The monoisotopic (exact) mass is 394 g/mol. The van der Waals surface area contributed by atoms with Crippen molar-refractivity contribution in [1.82, 2.24) is 20.2 Å². The van der Waals surface area contributed by atoms with Gasteiger partial charge in [0.15, 0.2) is 5.16 Å². The van der Waals surface area contributed by atoms with Crippen molar-refractivity contribution in [2.45, 2.75) is 19.0 Å². The Balaban J connectivity index is 1.90. The van der Waals surface area contributed by atoms with E-state index in [4.69, 9.17) is 4.74 Å². The van der Waals surface area contributed by atoms with Gasteiger partial charge in [0.1, 0.15) is 12.3 Å². The topological polar surface area (TPSA) is 114 Å². The van der Waals surface area contributed by atoms with Gasteiger partial charge in [-0.1, -0.05) is 11.8 Å². The van der Waals surface area contributed by atoms with Crippen molar-refractivity contribution >= 4 is 40.7 Å². The molecule has 2 aromatic rings. The third-order valence-electron chi connectivity index (χ3n) is 3.59. The molecule has 1 heterocycles. The lowest BCUT2D eigenvalue weighted by Crippen LogP contribution is -2.43. The van der Waals surface area contributed by atoms with Crippen LogP contribution in [-0.2, 0) is 14.3 Å². The summed E-state index contributed by atoms with van der Waals surface area (Å²) in [7, 11) is 1.59. The number of fused-ring (bicyclic) bond motifs is 1. The summed E-state index contributed by atoms with van der Waals surface area (Å²) < 4.78 is 9.81. The fraction of sp³-hybridized carbons (Fsp3) is 0.412. The zero-order valence-electron chi connectivity index (χ0n) is 15.4. The highest BCUT2D eigenvalue weighted by Crippen LogP contribution is 2.23. The predicted molar refractivity (Wildman–Crippen MR) is 101 cm³/mol. The van der Waals surface area contributed by atoms with Gasteiger partial charge >= 0.3 is 6.09 Å². The minimum Gasteiger partial charge on any atom is -0.497 e. The van der Waals surface area contributed by atoms with Crippen LogP contribution in [0.2, 0.25) is 0 Å². The molecule has 0 atom stereocenters. The molecule has 146 valence electrons. The summed E-state index contributed by atoms with van der Waals surface area (Å²) >= 11 is 1.24. The molecule has 0 bridgehead atoms. The molecule has 1 aromatic carbocycles. The number of nitrogens with one attached hydrogen (secondary N) is 2. The number of imidazole rings is 1. The van der Waals surface area contributed by atoms with Gasteiger partial charge in [-0.3, -0.25) is 14.9 Å². The van der Waals surface area contributed by atoms with Crippen LogP contribution in [0.5, 0.6) is 5.75 Å². The number of likely N-dealkylation sites (N-methyl/N-ethyl adjacent to an activating group) is 1. The molecular formula is C17H22N4O5S. The van der Waals surface area contributed by atoms with Gasteiger partial charge in [0.25, 0.3) is 0 Å². The van der Waals surface area contributed by atoms with Crippen LogP contribution < -0.4 is 10.1 Å². The Kier molecular flexibility index (Phi) is 7.47. The molecule has 0 saturated heterocycles. The Labute approximate surface area is 160 Å². The second kappa shape index (κ2) is 9.81. The van der Waals surface area contributed by atoms with Crippen LogP contribution in [0.4, 0.5) is 4.79 Å². The molecule has 9 nitrogen and oxygen atoms in total. The van der Waals surface area contributed by atoms with Gasteiger partial charge < -0.3 is 19.4 Å². The number of carbonyl (C=O) groups excluding carboxylic acids is 3. The maximum atomic E-state index is 12.4. The molecule has 0 aliphatic carbocycles. The van der Waals surface area contributed by atoms with E-state index in [1.807, 2.05) is 18.2 Å². The maximum absolute atomic E-state index is 12.4. The fourth-order valence-corrected chi connectivity index (χ4v) is 3.04.